The molecule has 0 unspecified atom stereocenters. The molecule has 24 heavy (non-hydrogen) atoms. The van der Waals surface area contributed by atoms with Crippen LogP contribution in [0.2, 0.25) is 5.02 Å². The number of aryl methyl sites for hydroxylation is 2. The standard InChI is InChI=1S/C14H13ClN4O5/c1-6-3-8(4-7(2)10(6)15)24-5-9(20)18-19-11-12(21)16-14(23)17-13(11)22/h3-4H,5H2,1-2H3,(H3,16,17,21,22,23). The lowest BCUT2D eigenvalue weighted by Crippen LogP contribution is -2.21. The van der Waals surface area contributed by atoms with Crippen LogP contribution < -0.4 is 16.0 Å². The number of amides is 1. The molecule has 2 aromatic rings. The number of carbonyl (C=O) groups excluding carboxylic acids is 1. The molecule has 0 aliphatic rings. The number of nitrogens with one attached hydrogen (secondary N) is 2. The van der Waals surface area contributed by atoms with Crippen molar-refractivity contribution in [2.45, 2.75) is 13.8 Å². The summed E-state index contributed by atoms with van der Waals surface area (Å²) in [7, 11) is 0. The van der Waals surface area contributed by atoms with Crippen LogP contribution in [0.1, 0.15) is 11.1 Å². The van der Waals surface area contributed by atoms with Gasteiger partial charge in [-0.15, -0.1) is 10.2 Å². The van der Waals surface area contributed by atoms with Gasteiger partial charge in [-0.1, -0.05) is 11.6 Å². The minimum atomic E-state index is -0.974. The van der Waals surface area contributed by atoms with Gasteiger partial charge in [0.2, 0.25) is 11.6 Å². The first-order valence-corrected chi connectivity index (χ1v) is 7.05. The van der Waals surface area contributed by atoms with Crippen LogP contribution in [0.5, 0.6) is 11.6 Å². The normalized spacial score (nSPS) is 11.0. The maximum atomic E-state index is 11.6. The van der Waals surface area contributed by atoms with E-state index in [0.717, 1.165) is 11.1 Å². The van der Waals surface area contributed by atoms with Crippen LogP contribution in [0.25, 0.3) is 0 Å². The van der Waals surface area contributed by atoms with Gasteiger partial charge in [0.25, 0.3) is 5.56 Å². The molecule has 0 saturated carbocycles. The zero-order valence-electron chi connectivity index (χ0n) is 12.7. The van der Waals surface area contributed by atoms with E-state index in [1.165, 1.54) is 0 Å². The smallest absolute Gasteiger partial charge is 0.328 e. The molecular formula is C14H13ClN4O5. The first-order chi connectivity index (χ1) is 11.3. The van der Waals surface area contributed by atoms with E-state index in [1.54, 1.807) is 26.0 Å². The number of ether oxygens (including phenoxy) is 1. The van der Waals surface area contributed by atoms with Crippen molar-refractivity contribution in [3.05, 3.63) is 49.1 Å². The monoisotopic (exact) mass is 352 g/mol. The minimum Gasteiger partial charge on any atom is -0.493 e. The molecule has 0 atom stereocenters. The molecule has 0 aliphatic heterocycles. The fourth-order valence-electron chi connectivity index (χ4n) is 1.83. The predicted molar refractivity (Wildman–Crippen MR) is 85.3 cm³/mol. The van der Waals surface area contributed by atoms with E-state index < -0.39 is 35.3 Å². The van der Waals surface area contributed by atoms with Crippen LogP contribution in [0.3, 0.4) is 0 Å². The predicted octanol–water partition coefficient (Wildman–Crippen LogP) is 1.73. The zero-order chi connectivity index (χ0) is 17.9. The quantitative estimate of drug-likeness (QED) is 0.719. The summed E-state index contributed by atoms with van der Waals surface area (Å²) in [6.45, 7) is 3.18. The molecule has 10 heteroatoms. The number of halogens is 1. The lowest BCUT2D eigenvalue weighted by molar-refractivity contribution is -0.120. The molecule has 0 spiro atoms. The van der Waals surface area contributed by atoms with E-state index in [-0.39, 0.29) is 0 Å². The number of hydrogen-bond acceptors (Lipinski definition) is 6. The number of H-pyrrole nitrogens is 2. The van der Waals surface area contributed by atoms with E-state index in [9.17, 15) is 19.5 Å². The summed E-state index contributed by atoms with van der Waals surface area (Å²) in [5, 5.41) is 16.6. The highest BCUT2D eigenvalue weighted by atomic mass is 35.5. The van der Waals surface area contributed by atoms with Crippen molar-refractivity contribution in [2.75, 3.05) is 6.61 Å². The van der Waals surface area contributed by atoms with E-state index in [1.807, 2.05) is 9.97 Å². The van der Waals surface area contributed by atoms with Gasteiger partial charge in [0.1, 0.15) is 5.75 Å². The van der Waals surface area contributed by atoms with E-state index in [2.05, 4.69) is 10.2 Å². The highest BCUT2D eigenvalue weighted by molar-refractivity contribution is 6.32. The number of hydrogen-bond donors (Lipinski definition) is 3. The van der Waals surface area contributed by atoms with Crippen molar-refractivity contribution in [1.82, 2.24) is 9.97 Å². The molecule has 0 saturated heterocycles. The van der Waals surface area contributed by atoms with Gasteiger partial charge in [-0.05, 0) is 37.1 Å². The van der Waals surface area contributed by atoms with Crippen LogP contribution in [-0.4, -0.2) is 27.6 Å². The second kappa shape index (κ2) is 7.09. The summed E-state index contributed by atoms with van der Waals surface area (Å²) < 4.78 is 5.28. The Morgan fingerprint density at radius 2 is 1.88 bits per heavy atom. The second-order valence-electron chi connectivity index (χ2n) is 4.86. The Bertz CT molecular complexity index is 908. The SMILES string of the molecule is Cc1cc(OCC(=O)N=Nc2c(O)[nH]c(=O)[nH]c2=O)cc(C)c1Cl. The van der Waals surface area contributed by atoms with Crippen LogP contribution in [0.4, 0.5) is 5.69 Å². The van der Waals surface area contributed by atoms with Gasteiger partial charge in [0.05, 0.1) is 0 Å². The molecule has 0 radical (unpaired) electrons. The number of aromatic hydroxyl groups is 1. The molecule has 1 heterocycles. The molecule has 0 fully saturated rings. The Balaban J connectivity index is 2.07. The first kappa shape index (κ1) is 17.4. The summed E-state index contributed by atoms with van der Waals surface area (Å²) in [5.74, 6) is -1.14. The third kappa shape index (κ3) is 4.07. The Kier molecular flexibility index (Phi) is 5.14. The van der Waals surface area contributed by atoms with Gasteiger partial charge in [-0.25, -0.2) is 4.79 Å². The van der Waals surface area contributed by atoms with Gasteiger partial charge in [0, 0.05) is 5.02 Å². The molecule has 1 aromatic carbocycles. The van der Waals surface area contributed by atoms with Gasteiger partial charge in [-0.2, -0.15) is 0 Å². The Morgan fingerprint density at radius 3 is 2.46 bits per heavy atom. The minimum absolute atomic E-state index is 0.425. The average Bonchev–Trinajstić information content (AvgIpc) is 2.49. The lowest BCUT2D eigenvalue weighted by atomic mass is 10.1. The number of carbonyl (C=O) groups is 1. The molecule has 1 aromatic heterocycles. The number of aromatic amines is 2. The third-order valence-corrected chi connectivity index (χ3v) is 3.53. The van der Waals surface area contributed by atoms with Crippen LogP contribution in [0, 0.1) is 13.8 Å². The number of rotatable bonds is 4. The Morgan fingerprint density at radius 1 is 1.25 bits per heavy atom. The van der Waals surface area contributed by atoms with Crippen molar-refractivity contribution in [3.63, 3.8) is 0 Å². The fraction of sp³-hybridized carbons (Fsp3) is 0.214. The van der Waals surface area contributed by atoms with Crippen LogP contribution in [-0.2, 0) is 4.79 Å². The van der Waals surface area contributed by atoms with Gasteiger partial charge in [0.15, 0.2) is 6.61 Å². The summed E-state index contributed by atoms with van der Waals surface area (Å²) in [6, 6.07) is 3.33. The molecule has 0 bridgehead atoms. The Labute approximate surface area is 140 Å². The number of benzene rings is 1. The molecule has 126 valence electrons. The van der Waals surface area contributed by atoms with Gasteiger partial charge >= 0.3 is 11.6 Å². The van der Waals surface area contributed by atoms with Crippen molar-refractivity contribution < 1.29 is 14.6 Å². The lowest BCUT2D eigenvalue weighted by Gasteiger charge is -2.08. The molecule has 3 N–H and O–H groups in total. The van der Waals surface area contributed by atoms with E-state index in [4.69, 9.17) is 16.3 Å². The van der Waals surface area contributed by atoms with Crippen LogP contribution in [0.15, 0.2) is 32.0 Å². The molecule has 2 rings (SSSR count). The summed E-state index contributed by atoms with van der Waals surface area (Å²) in [4.78, 5) is 37.7. The van der Waals surface area contributed by atoms with Crippen molar-refractivity contribution in [1.29, 1.82) is 0 Å². The third-order valence-electron chi connectivity index (χ3n) is 2.93. The van der Waals surface area contributed by atoms with E-state index >= 15 is 0 Å². The van der Waals surface area contributed by atoms with Gasteiger partial charge in [-0.3, -0.25) is 19.6 Å². The zero-order valence-corrected chi connectivity index (χ0v) is 13.5. The van der Waals surface area contributed by atoms with E-state index in [0.29, 0.717) is 10.8 Å². The highest BCUT2D eigenvalue weighted by Gasteiger charge is 2.09. The average molecular weight is 353 g/mol. The maximum Gasteiger partial charge on any atom is 0.328 e. The molecule has 0 aliphatic carbocycles. The number of aromatic nitrogens is 2. The highest BCUT2D eigenvalue weighted by Crippen LogP contribution is 2.25. The second-order valence-corrected chi connectivity index (χ2v) is 5.24. The molecule has 1 amide bonds. The van der Waals surface area contributed by atoms with Crippen LogP contribution >= 0.6 is 11.6 Å². The van der Waals surface area contributed by atoms with Crippen molar-refractivity contribution in [3.8, 4) is 11.6 Å². The van der Waals surface area contributed by atoms with Crippen molar-refractivity contribution in [2.24, 2.45) is 10.2 Å². The summed E-state index contributed by atoms with van der Waals surface area (Å²) in [6.07, 6.45) is 0. The fourth-order valence-corrected chi connectivity index (χ4v) is 1.94. The molecule has 9 nitrogen and oxygen atoms in total. The largest absolute Gasteiger partial charge is 0.493 e. The van der Waals surface area contributed by atoms with Gasteiger partial charge < -0.3 is 9.84 Å². The number of azo groups is 1. The van der Waals surface area contributed by atoms with Crippen molar-refractivity contribution >= 4 is 23.2 Å². The Hall–Kier alpha value is -2.94. The topological polar surface area (TPSA) is 137 Å². The maximum absolute atomic E-state index is 11.6. The summed E-state index contributed by atoms with van der Waals surface area (Å²) in [5.41, 5.74) is -0.866. The number of nitrogens with zero attached hydrogens (tertiary/aromatic N) is 2. The summed E-state index contributed by atoms with van der Waals surface area (Å²) >= 11 is 6.03. The first-order valence-electron chi connectivity index (χ1n) is 6.67. The molecular weight excluding hydrogens is 340 g/mol.